The largest absolute Gasteiger partial charge is 0.462 e. The van der Waals surface area contributed by atoms with Gasteiger partial charge in [0, 0.05) is 12.8 Å². The van der Waals surface area contributed by atoms with Crippen LogP contribution < -0.4 is 0 Å². The smallest absolute Gasteiger partial charge is 0.306 e. The predicted molar refractivity (Wildman–Crippen MR) is 243 cm³/mol. The van der Waals surface area contributed by atoms with Crippen molar-refractivity contribution in [2.45, 2.75) is 288 Å². The van der Waals surface area contributed by atoms with Gasteiger partial charge in [-0.05, 0) is 12.8 Å². The third-order valence-electron chi connectivity index (χ3n) is 12.2. The number of carbonyl (C=O) groups excluding carboxylic acids is 2. The summed E-state index contributed by atoms with van der Waals surface area (Å²) in [7, 11) is 0. The van der Waals surface area contributed by atoms with Crippen LogP contribution in [0.1, 0.15) is 251 Å². The first-order valence-electron chi connectivity index (χ1n) is 25.6. The number of hydrogen-bond donors (Lipinski definition) is 4. The monoisotopic (exact) mass is 857 g/mol. The van der Waals surface area contributed by atoms with Crippen LogP contribution in [0.4, 0.5) is 0 Å². The SMILES string of the molecule is CCCCCCCCCCCCCCCCCCCCCCCCCC(=O)O[C@H](COC(=O)CCCCCCCCCCCCCC)CO[C@@H]1O[C@H](CO)[C@H](O)C(O)C1O. The molecule has 356 valence electrons. The Balaban J connectivity index is 2.20. The van der Waals surface area contributed by atoms with Crippen LogP contribution in [0.25, 0.3) is 0 Å². The van der Waals surface area contributed by atoms with Crippen molar-refractivity contribution in [1.29, 1.82) is 0 Å². The Morgan fingerprint density at radius 1 is 0.450 bits per heavy atom. The van der Waals surface area contributed by atoms with E-state index in [1.54, 1.807) is 0 Å². The summed E-state index contributed by atoms with van der Waals surface area (Å²) in [5, 5.41) is 40.1. The molecule has 2 unspecified atom stereocenters. The van der Waals surface area contributed by atoms with E-state index in [2.05, 4.69) is 13.8 Å². The maximum atomic E-state index is 12.8. The molecule has 4 N–H and O–H groups in total. The van der Waals surface area contributed by atoms with Gasteiger partial charge in [-0.1, -0.05) is 226 Å². The average Bonchev–Trinajstić information content (AvgIpc) is 3.25. The van der Waals surface area contributed by atoms with Crippen molar-refractivity contribution < 1.29 is 49.0 Å². The summed E-state index contributed by atoms with van der Waals surface area (Å²) in [6, 6.07) is 0. The van der Waals surface area contributed by atoms with Gasteiger partial charge in [0.1, 0.15) is 31.0 Å². The van der Waals surface area contributed by atoms with Gasteiger partial charge in [-0.2, -0.15) is 0 Å². The van der Waals surface area contributed by atoms with Gasteiger partial charge in [-0.15, -0.1) is 0 Å². The van der Waals surface area contributed by atoms with Gasteiger partial charge in [0.05, 0.1) is 13.2 Å². The summed E-state index contributed by atoms with van der Waals surface area (Å²) >= 11 is 0. The molecule has 0 amide bonds. The third-order valence-corrected chi connectivity index (χ3v) is 12.2. The van der Waals surface area contributed by atoms with E-state index in [0.717, 1.165) is 32.1 Å². The minimum atomic E-state index is -1.59. The lowest BCUT2D eigenvalue weighted by Crippen LogP contribution is -2.59. The van der Waals surface area contributed by atoms with Gasteiger partial charge in [0.2, 0.25) is 0 Å². The first-order chi connectivity index (χ1) is 29.3. The van der Waals surface area contributed by atoms with Gasteiger partial charge >= 0.3 is 11.9 Å². The highest BCUT2D eigenvalue weighted by atomic mass is 16.7. The van der Waals surface area contributed by atoms with Crippen LogP contribution in [0.3, 0.4) is 0 Å². The van der Waals surface area contributed by atoms with Gasteiger partial charge < -0.3 is 39.4 Å². The van der Waals surface area contributed by atoms with Crippen molar-refractivity contribution in [2.75, 3.05) is 19.8 Å². The van der Waals surface area contributed by atoms with E-state index >= 15 is 0 Å². The molecular weight excluding hydrogens is 761 g/mol. The number of ether oxygens (including phenoxy) is 4. The Morgan fingerprint density at radius 3 is 1.13 bits per heavy atom. The topological polar surface area (TPSA) is 152 Å². The molecule has 10 heteroatoms. The van der Waals surface area contributed by atoms with Crippen LogP contribution in [0.15, 0.2) is 0 Å². The molecule has 6 atom stereocenters. The van der Waals surface area contributed by atoms with E-state index in [-0.39, 0.29) is 32.0 Å². The molecule has 60 heavy (non-hydrogen) atoms. The molecule has 0 radical (unpaired) electrons. The summed E-state index contributed by atoms with van der Waals surface area (Å²) in [4.78, 5) is 25.4. The standard InChI is InChI=1S/C50H96O10/c1-3-5-7-9-11-13-15-17-18-19-20-21-22-23-24-25-26-27-29-31-33-35-37-39-46(53)59-43(42-58-50-49(56)48(55)47(54)44(40-51)60-50)41-57-45(52)38-36-34-32-30-28-16-14-12-10-8-6-4-2/h43-44,47-51,54-56H,3-42H2,1-2H3/t43-,44-,47+,48?,49?,50-/m1/s1. The fraction of sp³-hybridized carbons (Fsp3) is 0.960. The second-order valence-electron chi connectivity index (χ2n) is 18.0. The highest BCUT2D eigenvalue weighted by molar-refractivity contribution is 5.70. The van der Waals surface area contributed by atoms with Crippen LogP contribution in [0, 0.1) is 0 Å². The fourth-order valence-electron chi connectivity index (χ4n) is 8.19. The van der Waals surface area contributed by atoms with Gasteiger partial charge in [-0.25, -0.2) is 0 Å². The van der Waals surface area contributed by atoms with Gasteiger partial charge in [0.15, 0.2) is 12.4 Å². The summed E-state index contributed by atoms with van der Waals surface area (Å²) in [5.74, 6) is -0.788. The molecule has 0 aliphatic carbocycles. The minimum Gasteiger partial charge on any atom is -0.462 e. The summed E-state index contributed by atoms with van der Waals surface area (Å²) in [5.41, 5.74) is 0. The molecule has 0 bridgehead atoms. The fourth-order valence-corrected chi connectivity index (χ4v) is 8.19. The summed E-state index contributed by atoms with van der Waals surface area (Å²) in [6.45, 7) is 3.47. The summed E-state index contributed by atoms with van der Waals surface area (Å²) < 4.78 is 22.2. The van der Waals surface area contributed by atoms with E-state index in [4.69, 9.17) is 18.9 Å². The second kappa shape index (κ2) is 41.7. The zero-order valence-electron chi connectivity index (χ0n) is 39.0. The van der Waals surface area contributed by atoms with Crippen LogP contribution in [0.2, 0.25) is 0 Å². The maximum absolute atomic E-state index is 12.8. The molecule has 1 saturated heterocycles. The number of rotatable bonds is 44. The van der Waals surface area contributed by atoms with Crippen LogP contribution >= 0.6 is 0 Å². The molecule has 0 spiro atoms. The lowest BCUT2D eigenvalue weighted by molar-refractivity contribution is -0.305. The Labute approximate surface area is 368 Å². The number of aliphatic hydroxyl groups excluding tert-OH is 4. The van der Waals surface area contributed by atoms with E-state index in [1.807, 2.05) is 0 Å². The van der Waals surface area contributed by atoms with Crippen molar-refractivity contribution >= 4 is 11.9 Å². The number of hydrogen-bond acceptors (Lipinski definition) is 10. The van der Waals surface area contributed by atoms with Crippen molar-refractivity contribution in [3.05, 3.63) is 0 Å². The molecule has 1 heterocycles. The maximum Gasteiger partial charge on any atom is 0.306 e. The Hall–Kier alpha value is -1.30. The van der Waals surface area contributed by atoms with Crippen molar-refractivity contribution in [1.82, 2.24) is 0 Å². The van der Waals surface area contributed by atoms with Crippen LogP contribution in [0.5, 0.6) is 0 Å². The average molecular weight is 857 g/mol. The van der Waals surface area contributed by atoms with E-state index < -0.39 is 49.4 Å². The van der Waals surface area contributed by atoms with Crippen molar-refractivity contribution in [3.63, 3.8) is 0 Å². The molecule has 10 nitrogen and oxygen atoms in total. The van der Waals surface area contributed by atoms with Crippen LogP contribution in [-0.4, -0.2) is 89.0 Å². The Morgan fingerprint density at radius 2 is 0.783 bits per heavy atom. The first kappa shape index (κ1) is 56.7. The molecule has 1 aliphatic rings. The predicted octanol–water partition coefficient (Wildman–Crippen LogP) is 11.7. The Bertz CT molecular complexity index is 948. The number of aliphatic hydroxyl groups is 4. The Kier molecular flexibility index (Phi) is 39.4. The molecule has 1 aliphatic heterocycles. The number of unbranched alkanes of at least 4 members (excludes halogenated alkanes) is 33. The van der Waals surface area contributed by atoms with E-state index in [1.165, 1.54) is 186 Å². The van der Waals surface area contributed by atoms with E-state index in [9.17, 15) is 30.0 Å². The third kappa shape index (κ3) is 32.4. The van der Waals surface area contributed by atoms with Crippen LogP contribution in [-0.2, 0) is 28.5 Å². The highest BCUT2D eigenvalue weighted by Gasteiger charge is 2.44. The quantitative estimate of drug-likeness (QED) is 0.0344. The molecule has 1 rings (SSSR count). The van der Waals surface area contributed by atoms with E-state index in [0.29, 0.717) is 6.42 Å². The lowest BCUT2D eigenvalue weighted by Gasteiger charge is -2.39. The number of carbonyl (C=O) groups is 2. The minimum absolute atomic E-state index is 0.209. The van der Waals surface area contributed by atoms with Crippen molar-refractivity contribution in [3.8, 4) is 0 Å². The molecule has 1 fully saturated rings. The molecule has 0 aromatic carbocycles. The number of esters is 2. The van der Waals surface area contributed by atoms with Crippen molar-refractivity contribution in [2.24, 2.45) is 0 Å². The van der Waals surface area contributed by atoms with Gasteiger partial charge in [0.25, 0.3) is 0 Å². The first-order valence-corrected chi connectivity index (χ1v) is 25.6. The molecule has 0 aromatic rings. The molecular formula is C50H96O10. The normalized spacial score (nSPS) is 19.7. The molecule has 0 saturated carbocycles. The zero-order valence-corrected chi connectivity index (χ0v) is 39.0. The molecule has 0 aromatic heterocycles. The highest BCUT2D eigenvalue weighted by Crippen LogP contribution is 2.23. The summed E-state index contributed by atoms with van der Waals surface area (Å²) in [6.07, 6.45) is 36.9. The van der Waals surface area contributed by atoms with Gasteiger partial charge in [-0.3, -0.25) is 9.59 Å². The zero-order chi connectivity index (χ0) is 43.7. The second-order valence-corrected chi connectivity index (χ2v) is 18.0. The lowest BCUT2D eigenvalue weighted by atomic mass is 9.99.